The second-order valence-electron chi connectivity index (χ2n) is 14.2. The van der Waals surface area contributed by atoms with Crippen LogP contribution >= 0.6 is 0 Å². The Balaban J connectivity index is 1.31. The van der Waals surface area contributed by atoms with Crippen LogP contribution in [0, 0.1) is 21.7 Å². The number of aliphatic carboxylic acids is 1. The number of ether oxygens (including phenoxy) is 1. The van der Waals surface area contributed by atoms with Gasteiger partial charge in [-0.05, 0) is 83.9 Å². The molecule has 4 aliphatic carbocycles. The third-order valence-corrected chi connectivity index (χ3v) is 9.82. The molecular weight excluding hydrogens is 543 g/mol. The van der Waals surface area contributed by atoms with E-state index in [1.807, 2.05) is 24.3 Å². The van der Waals surface area contributed by atoms with Crippen molar-refractivity contribution in [1.82, 2.24) is 5.32 Å². The van der Waals surface area contributed by atoms with E-state index in [2.05, 4.69) is 26.1 Å². The highest BCUT2D eigenvalue weighted by Gasteiger charge is 2.67. The van der Waals surface area contributed by atoms with Gasteiger partial charge in [-0.25, -0.2) is 4.79 Å². The summed E-state index contributed by atoms with van der Waals surface area (Å²) in [7, 11) is 0. The molecule has 0 saturated heterocycles. The quantitative estimate of drug-likeness (QED) is 0.297. The van der Waals surface area contributed by atoms with Gasteiger partial charge in [0.1, 0.15) is 18.4 Å². The van der Waals surface area contributed by atoms with Crippen LogP contribution in [0.2, 0.25) is 0 Å². The minimum atomic E-state index is -4.44. The van der Waals surface area contributed by atoms with E-state index in [0.717, 1.165) is 56.0 Å². The van der Waals surface area contributed by atoms with Gasteiger partial charge in [0.15, 0.2) is 0 Å². The van der Waals surface area contributed by atoms with E-state index in [0.29, 0.717) is 10.9 Å². The average molecular weight is 580 g/mol. The zero-order chi connectivity index (χ0) is 30.1. The molecule has 4 aliphatic rings. The molecule has 7 rings (SSSR count). The van der Waals surface area contributed by atoms with E-state index in [9.17, 15) is 27.9 Å². The normalized spacial score (nSPS) is 30.7. The second kappa shape index (κ2) is 9.48. The summed E-state index contributed by atoms with van der Waals surface area (Å²) in [4.78, 5) is 26.8. The molecule has 0 aliphatic heterocycles. The molecule has 0 heterocycles. The Labute approximate surface area is 243 Å². The molecule has 0 aromatic heterocycles. The largest absolute Gasteiger partial charge is 0.487 e. The molecule has 1 atom stereocenters. The highest BCUT2D eigenvalue weighted by molar-refractivity contribution is 6.05. The smallest absolute Gasteiger partial charge is 0.416 e. The van der Waals surface area contributed by atoms with Gasteiger partial charge < -0.3 is 15.2 Å². The van der Waals surface area contributed by atoms with Crippen molar-refractivity contribution in [3.05, 3.63) is 77.4 Å². The molecule has 1 amide bonds. The Morgan fingerprint density at radius 2 is 1.43 bits per heavy atom. The summed E-state index contributed by atoms with van der Waals surface area (Å²) in [6.07, 6.45) is 1.06. The number of halogens is 3. The first-order valence-corrected chi connectivity index (χ1v) is 14.5. The topological polar surface area (TPSA) is 75.6 Å². The first-order chi connectivity index (χ1) is 19.6. The number of carbonyl (C=O) groups is 2. The van der Waals surface area contributed by atoms with Crippen molar-refractivity contribution in [2.45, 2.75) is 78.1 Å². The van der Waals surface area contributed by atoms with E-state index < -0.39 is 35.1 Å². The van der Waals surface area contributed by atoms with Crippen LogP contribution < -0.4 is 10.1 Å². The van der Waals surface area contributed by atoms with E-state index >= 15 is 0 Å². The van der Waals surface area contributed by atoms with Gasteiger partial charge in [-0.2, -0.15) is 13.2 Å². The number of fused-ring (bicyclic) bond motifs is 1. The summed E-state index contributed by atoms with van der Waals surface area (Å²) in [6, 6.07) is 14.4. The minimum Gasteiger partial charge on any atom is -0.487 e. The molecule has 0 spiro atoms. The van der Waals surface area contributed by atoms with Crippen molar-refractivity contribution in [3.63, 3.8) is 0 Å². The summed E-state index contributed by atoms with van der Waals surface area (Å²) in [5.74, 6) is -1.30. The van der Waals surface area contributed by atoms with Crippen LogP contribution in [-0.2, 0) is 17.6 Å². The maximum absolute atomic E-state index is 13.9. The molecular formula is C34H36F3NO4. The monoisotopic (exact) mass is 579 g/mol. The molecule has 5 nitrogen and oxygen atoms in total. The average Bonchev–Trinajstić information content (AvgIpc) is 2.86. The number of amides is 1. The Bertz CT molecular complexity index is 1510. The predicted octanol–water partition coefficient (Wildman–Crippen LogP) is 8.01. The maximum Gasteiger partial charge on any atom is 0.416 e. The fraction of sp³-hybridized carbons (Fsp3) is 0.471. The summed E-state index contributed by atoms with van der Waals surface area (Å²) >= 11 is 0. The molecule has 2 N–H and O–H groups in total. The summed E-state index contributed by atoms with van der Waals surface area (Å²) in [5, 5.41) is 14.9. The van der Waals surface area contributed by atoms with Crippen LogP contribution in [0.15, 0.2) is 60.7 Å². The van der Waals surface area contributed by atoms with Crippen LogP contribution in [0.4, 0.5) is 13.2 Å². The lowest BCUT2D eigenvalue weighted by molar-refractivity contribution is -0.198. The molecule has 42 heavy (non-hydrogen) atoms. The summed E-state index contributed by atoms with van der Waals surface area (Å²) in [6.45, 7) is 6.75. The number of nitrogens with one attached hydrogen (secondary N) is 1. The lowest BCUT2D eigenvalue weighted by Crippen LogP contribution is -2.66. The number of carbonyl (C=O) groups excluding carboxylic acids is 1. The lowest BCUT2D eigenvalue weighted by Gasteiger charge is -2.70. The van der Waals surface area contributed by atoms with Gasteiger partial charge in [0.05, 0.1) is 11.1 Å². The number of hydrogen-bond acceptors (Lipinski definition) is 3. The van der Waals surface area contributed by atoms with Crippen LogP contribution in [0.3, 0.4) is 0 Å². The number of alkyl halides is 3. The molecule has 1 unspecified atom stereocenters. The molecule has 4 saturated carbocycles. The highest BCUT2D eigenvalue weighted by Crippen LogP contribution is 2.74. The summed E-state index contributed by atoms with van der Waals surface area (Å²) in [5.41, 5.74) is -0.487. The summed E-state index contributed by atoms with van der Waals surface area (Å²) < 4.78 is 45.2. The van der Waals surface area contributed by atoms with E-state index in [1.165, 1.54) is 12.1 Å². The molecule has 0 radical (unpaired) electrons. The van der Waals surface area contributed by atoms with Crippen molar-refractivity contribution >= 4 is 22.6 Å². The van der Waals surface area contributed by atoms with Crippen LogP contribution in [0.5, 0.6) is 5.75 Å². The number of carboxylic acid groups (broad SMARTS) is 1. The standard InChI is InChI=1S/C34H36F3NO4/c1-30-15-31(2)17-32(3,16-30)20-33(18-30,19-31)27(29(40)41)38-28(39)25-13-10-22-6-4-5-7-24(22)26(25)42-14-21-8-11-23(12-9-21)34(35,36)37/h4-13,27H,14-20H2,1-3H3,(H,38,39)(H,40,41). The van der Waals surface area contributed by atoms with E-state index in [4.69, 9.17) is 4.74 Å². The van der Waals surface area contributed by atoms with Crippen LogP contribution in [0.1, 0.15) is 80.8 Å². The second-order valence-corrected chi connectivity index (χ2v) is 14.2. The Morgan fingerprint density at radius 3 is 1.98 bits per heavy atom. The van der Waals surface area contributed by atoms with Gasteiger partial charge in [0.2, 0.25) is 0 Å². The van der Waals surface area contributed by atoms with Gasteiger partial charge in [-0.1, -0.05) is 63.2 Å². The van der Waals surface area contributed by atoms with Gasteiger partial charge in [-0.15, -0.1) is 0 Å². The van der Waals surface area contributed by atoms with Crippen molar-refractivity contribution in [2.75, 3.05) is 0 Å². The lowest BCUT2D eigenvalue weighted by atomic mass is 9.35. The van der Waals surface area contributed by atoms with E-state index in [-0.39, 0.29) is 34.2 Å². The SMILES string of the molecule is CC12CC3(C)CC(C)(C1)CC(C(NC(=O)c1ccc4ccccc4c1OCc1ccc(C(F)(F)F)cc1)C(=O)O)(C2)C3. The van der Waals surface area contributed by atoms with Crippen molar-refractivity contribution < 1.29 is 32.6 Å². The molecule has 4 fully saturated rings. The molecule has 3 aromatic rings. The highest BCUT2D eigenvalue weighted by atomic mass is 19.4. The Kier molecular flexibility index (Phi) is 6.45. The number of hydrogen-bond donors (Lipinski definition) is 2. The van der Waals surface area contributed by atoms with Crippen molar-refractivity contribution in [2.24, 2.45) is 21.7 Å². The van der Waals surface area contributed by atoms with Crippen LogP contribution in [0.25, 0.3) is 10.8 Å². The first kappa shape index (κ1) is 28.6. The van der Waals surface area contributed by atoms with Crippen molar-refractivity contribution in [3.8, 4) is 5.75 Å². The first-order valence-electron chi connectivity index (χ1n) is 14.5. The zero-order valence-corrected chi connectivity index (χ0v) is 24.1. The molecule has 4 bridgehead atoms. The molecule has 3 aromatic carbocycles. The van der Waals surface area contributed by atoms with Gasteiger partial charge in [0.25, 0.3) is 5.91 Å². The fourth-order valence-corrected chi connectivity index (χ4v) is 9.91. The fourth-order valence-electron chi connectivity index (χ4n) is 9.91. The van der Waals surface area contributed by atoms with Gasteiger partial charge in [0, 0.05) is 10.8 Å². The maximum atomic E-state index is 13.9. The van der Waals surface area contributed by atoms with Gasteiger partial charge >= 0.3 is 12.1 Å². The number of benzene rings is 3. The van der Waals surface area contributed by atoms with Crippen molar-refractivity contribution in [1.29, 1.82) is 0 Å². The van der Waals surface area contributed by atoms with Crippen LogP contribution in [-0.4, -0.2) is 23.0 Å². The molecule has 8 heteroatoms. The predicted molar refractivity (Wildman–Crippen MR) is 153 cm³/mol. The molecule has 222 valence electrons. The van der Waals surface area contributed by atoms with Gasteiger partial charge in [-0.3, -0.25) is 4.79 Å². The third-order valence-electron chi connectivity index (χ3n) is 9.82. The third kappa shape index (κ3) is 5.03. The van der Waals surface area contributed by atoms with E-state index in [1.54, 1.807) is 12.1 Å². The Morgan fingerprint density at radius 1 is 0.857 bits per heavy atom. The number of carboxylic acids is 1. The number of rotatable bonds is 7. The zero-order valence-electron chi connectivity index (χ0n) is 24.1. The minimum absolute atomic E-state index is 0.0373. The Hall–Kier alpha value is -3.55.